The molecule has 0 unspecified atom stereocenters. The second kappa shape index (κ2) is 28.4. The van der Waals surface area contributed by atoms with E-state index < -0.39 is 16.2 Å². The Morgan fingerprint density at radius 2 is 0.534 bits per heavy atom. The minimum Gasteiger partial charge on any atom is -0.455 e. The first-order valence-corrected chi connectivity index (χ1v) is 49.6. The summed E-state index contributed by atoms with van der Waals surface area (Å²) in [6.07, 6.45) is 15.4. The van der Waals surface area contributed by atoms with Crippen LogP contribution >= 0.6 is 0 Å². The molecule has 0 amide bonds. The predicted molar refractivity (Wildman–Crippen MR) is 558 cm³/mol. The van der Waals surface area contributed by atoms with Crippen molar-refractivity contribution >= 4 is 82.9 Å². The van der Waals surface area contributed by atoms with Crippen LogP contribution in [0.15, 0.2) is 298 Å². The van der Waals surface area contributed by atoms with Crippen LogP contribution in [0.25, 0.3) is 177 Å². The van der Waals surface area contributed by atoms with Gasteiger partial charge in [-0.1, -0.05) is 367 Å². The number of rotatable bonds is 18. The minimum absolute atomic E-state index is 0.0307. The van der Waals surface area contributed by atoms with Crippen LogP contribution in [0.5, 0.6) is 0 Å². The Hall–Kier alpha value is -13.3. The molecule has 4 nitrogen and oxygen atoms in total. The number of nitrogens with zero attached hydrogens (tertiary/aromatic N) is 1. The van der Waals surface area contributed by atoms with Gasteiger partial charge in [0, 0.05) is 104 Å². The fourth-order valence-corrected chi connectivity index (χ4v) is 27.5. The molecule has 0 spiro atoms. The first kappa shape index (κ1) is 80.6. The van der Waals surface area contributed by atoms with Crippen molar-refractivity contribution in [2.75, 3.05) is 4.90 Å². The number of furan rings is 3. The number of anilines is 3. The molecule has 0 saturated carbocycles. The van der Waals surface area contributed by atoms with Crippen LogP contribution < -0.4 is 4.90 Å². The third-order valence-corrected chi connectivity index (χ3v) is 34.0. The largest absolute Gasteiger partial charge is 0.455 e. The van der Waals surface area contributed by atoms with Crippen LogP contribution in [-0.2, 0) is 37.9 Å². The van der Waals surface area contributed by atoms with Crippen molar-refractivity contribution in [3.63, 3.8) is 0 Å². The van der Waals surface area contributed by atoms with Crippen LogP contribution in [0, 0.1) is 0 Å². The molecule has 0 bridgehead atoms. The number of hydrogen-bond acceptors (Lipinski definition) is 4. The Morgan fingerprint density at radius 1 is 0.218 bits per heavy atom. The second-order valence-corrected chi connectivity index (χ2v) is 43.4. The topological polar surface area (TPSA) is 42.7 Å². The van der Waals surface area contributed by atoms with Gasteiger partial charge in [-0.3, -0.25) is 0 Å². The van der Waals surface area contributed by atoms with Crippen molar-refractivity contribution in [3.05, 3.63) is 363 Å². The summed E-state index contributed by atoms with van der Waals surface area (Å²) in [5.41, 5.74) is 51.6. The number of hydrogen-bond donors (Lipinski definition) is 0. The average Bonchev–Trinajstić information content (AvgIpc) is 1.50. The SMILES string of the molecule is CCCCCCCC1(CCCCCCC)c2ccccc2-c2ccc(-c3ccc4c(c3)C(C)(C)c3cc(-c5ccc(-c6cc7c(c8c6oc6ccccc68)-c6ccc(N(c8ccc9c(c8)C(C)(C)c8c%10c(c%11oc%12ccccc%12c%11c8-9)-c8ccccc8C%10(C)C)c8ccc9c(c8)C(C)(C)c8c%10c(c%11oc%12ccccc%12c%11c8-9)-c8ccccc8C%10(C)C)cc6C7(C)C)cc5)ccc3-4)cc21. The minimum atomic E-state index is -0.459. The van der Waals surface area contributed by atoms with Gasteiger partial charge in [-0.25, -0.2) is 0 Å². The summed E-state index contributed by atoms with van der Waals surface area (Å²) >= 11 is 0. The first-order valence-electron chi connectivity index (χ1n) is 49.6. The molecule has 133 heavy (non-hydrogen) atoms. The van der Waals surface area contributed by atoms with Gasteiger partial charge in [-0.05, 0) is 264 Å². The molecule has 0 N–H and O–H groups in total. The third kappa shape index (κ3) is 10.9. The number of benzene rings is 16. The van der Waals surface area contributed by atoms with Gasteiger partial charge in [-0.2, -0.15) is 0 Å². The number of para-hydroxylation sites is 3. The third-order valence-electron chi connectivity index (χ3n) is 34.0. The van der Waals surface area contributed by atoms with Crippen molar-refractivity contribution < 1.29 is 13.3 Å². The molecule has 7 aliphatic carbocycles. The van der Waals surface area contributed by atoms with Crippen LogP contribution in [0.2, 0.25) is 0 Å². The maximum absolute atomic E-state index is 7.29. The van der Waals surface area contributed by atoms with E-state index in [-0.39, 0.29) is 21.7 Å². The molecule has 652 valence electrons. The summed E-state index contributed by atoms with van der Waals surface area (Å²) in [7, 11) is 0. The summed E-state index contributed by atoms with van der Waals surface area (Å²) in [5.74, 6) is 0. The molecule has 7 aliphatic rings. The lowest BCUT2D eigenvalue weighted by molar-refractivity contribution is 0.399. The summed E-state index contributed by atoms with van der Waals surface area (Å²) in [5, 5.41) is 7.01. The Balaban J connectivity index is 0.585. The van der Waals surface area contributed by atoms with Gasteiger partial charge < -0.3 is 18.2 Å². The van der Waals surface area contributed by atoms with E-state index >= 15 is 0 Å². The van der Waals surface area contributed by atoms with Crippen molar-refractivity contribution in [1.82, 2.24) is 0 Å². The highest BCUT2D eigenvalue weighted by molar-refractivity contribution is 6.24. The van der Waals surface area contributed by atoms with Gasteiger partial charge in [0.05, 0.1) is 0 Å². The van der Waals surface area contributed by atoms with E-state index in [0.717, 1.165) is 77.8 Å². The zero-order chi connectivity index (χ0) is 90.2. The molecule has 0 radical (unpaired) electrons. The second-order valence-electron chi connectivity index (χ2n) is 43.4. The van der Waals surface area contributed by atoms with E-state index in [1.54, 1.807) is 11.1 Å². The maximum Gasteiger partial charge on any atom is 0.144 e. The molecule has 16 aromatic carbocycles. The fraction of sp³-hybridized carbons (Fsp3) is 0.256. The van der Waals surface area contributed by atoms with Gasteiger partial charge in [0.1, 0.15) is 33.5 Å². The molecule has 19 aromatic rings. The quantitative estimate of drug-likeness (QED) is 0.0803. The molecular weight excluding hydrogens is 1610 g/mol. The molecule has 0 aliphatic heterocycles. The zero-order valence-electron chi connectivity index (χ0n) is 79.3. The molecule has 4 heteroatoms. The smallest absolute Gasteiger partial charge is 0.144 e. The molecule has 3 aromatic heterocycles. The average molecular weight is 1730 g/mol. The summed E-state index contributed by atoms with van der Waals surface area (Å²) in [6, 6.07) is 110. The molecular formula is C129H113NO3. The van der Waals surface area contributed by atoms with Crippen molar-refractivity contribution in [2.45, 2.75) is 212 Å². The van der Waals surface area contributed by atoms with E-state index in [1.165, 1.54) is 260 Å². The zero-order valence-corrected chi connectivity index (χ0v) is 79.3. The molecule has 26 rings (SSSR count). The monoisotopic (exact) mass is 1720 g/mol. The van der Waals surface area contributed by atoms with Crippen LogP contribution in [0.3, 0.4) is 0 Å². The highest BCUT2D eigenvalue weighted by atomic mass is 16.3. The van der Waals surface area contributed by atoms with Crippen LogP contribution in [0.4, 0.5) is 17.1 Å². The van der Waals surface area contributed by atoms with Gasteiger partial charge >= 0.3 is 0 Å². The van der Waals surface area contributed by atoms with Gasteiger partial charge in [-0.15, -0.1) is 0 Å². The fourth-order valence-electron chi connectivity index (χ4n) is 27.5. The Morgan fingerprint density at radius 3 is 1.01 bits per heavy atom. The Kier molecular flexibility index (Phi) is 17.2. The van der Waals surface area contributed by atoms with Crippen LogP contribution in [-0.4, -0.2) is 0 Å². The van der Waals surface area contributed by atoms with Crippen molar-refractivity contribution in [2.24, 2.45) is 0 Å². The molecule has 0 atom stereocenters. The highest BCUT2D eigenvalue weighted by Gasteiger charge is 2.53. The van der Waals surface area contributed by atoms with E-state index in [9.17, 15) is 0 Å². The van der Waals surface area contributed by atoms with E-state index in [0.29, 0.717) is 0 Å². The van der Waals surface area contributed by atoms with E-state index in [2.05, 4.69) is 387 Å². The summed E-state index contributed by atoms with van der Waals surface area (Å²) < 4.78 is 21.7. The maximum atomic E-state index is 7.29. The number of fused-ring (bicyclic) bond motifs is 37. The predicted octanol–water partition coefficient (Wildman–Crippen LogP) is 36.7. The Labute approximate surface area is 781 Å². The lowest BCUT2D eigenvalue weighted by Gasteiger charge is -2.33. The summed E-state index contributed by atoms with van der Waals surface area (Å²) in [6.45, 7) is 34.2. The van der Waals surface area contributed by atoms with Crippen LogP contribution in [0.1, 0.15) is 252 Å². The van der Waals surface area contributed by atoms with Crippen molar-refractivity contribution in [1.29, 1.82) is 0 Å². The van der Waals surface area contributed by atoms with Crippen molar-refractivity contribution in [3.8, 4) is 111 Å². The van der Waals surface area contributed by atoms with Gasteiger partial charge in [0.15, 0.2) is 0 Å². The number of unbranched alkanes of at least 4 members (excludes halogenated alkanes) is 8. The first-order chi connectivity index (χ1) is 64.4. The normalized spacial score (nSPS) is 16.2. The standard InChI is InChI=1S/C129H113NO3/c1-15-17-19-21-35-65-129(66-36-22-20-18-16-2)97-45-31-23-37-82(97)85-61-55-78(69-103(85)129)77-54-60-84-83-59-53-76(67-98(83)123(3,4)99(84)68-77)74-49-51-75(52-50-74)94-73-104-108(111-91-40-26-32-46-105(91)131-120(94)111)88-62-56-79(70-100(88)124(104,5)6)130(80-57-63-89-101(71-80)127(11,12)116-109(89)112-92-41-27-33-47-106(92)132-121(112)114-86-38-24-29-43-95(86)125(7,8)118(114)116)81-58-64-90-102(72-81)128(13,14)117-110(90)113-93-42-28-34-48-107(93)133-122(113)115-87-39-25-30-44-96(87)126(9,10)119(115)117/h23-34,37-64,67-73H,15-22,35-36,65-66H2,1-14H3. The van der Waals surface area contributed by atoms with E-state index in [4.69, 9.17) is 13.3 Å². The summed E-state index contributed by atoms with van der Waals surface area (Å²) in [4.78, 5) is 2.61. The highest BCUT2D eigenvalue weighted by Crippen LogP contribution is 2.68. The lowest BCUT2D eigenvalue weighted by Crippen LogP contribution is -2.25. The Bertz CT molecular complexity index is 8030. The lowest BCUT2D eigenvalue weighted by atomic mass is 9.70. The molecule has 0 saturated heterocycles. The van der Waals surface area contributed by atoms with Gasteiger partial charge in [0.25, 0.3) is 0 Å². The van der Waals surface area contributed by atoms with Gasteiger partial charge in [0.2, 0.25) is 0 Å². The van der Waals surface area contributed by atoms with E-state index in [1.807, 2.05) is 0 Å². The molecule has 3 heterocycles. The molecule has 0 fully saturated rings.